The van der Waals surface area contributed by atoms with E-state index < -0.39 is 5.69 Å². The molecule has 1 fully saturated rings. The molecule has 2 rings (SSSR count). The Bertz CT molecular complexity index is 442. The third-order valence-corrected chi connectivity index (χ3v) is 2.37. The van der Waals surface area contributed by atoms with Crippen LogP contribution in [-0.4, -0.2) is 15.7 Å². The first-order chi connectivity index (χ1) is 7.66. The highest BCUT2D eigenvalue weighted by atomic mass is 19.2. The van der Waals surface area contributed by atoms with Crippen LogP contribution in [0.4, 0.5) is 4.48 Å². The van der Waals surface area contributed by atoms with Crippen LogP contribution < -0.4 is 17.2 Å². The van der Waals surface area contributed by atoms with E-state index in [4.69, 9.17) is 9.22 Å². The number of nitrogens with two attached hydrogens (primary N) is 1. The van der Waals surface area contributed by atoms with Crippen molar-refractivity contribution < 1.29 is 9.22 Å². The second kappa shape index (κ2) is 5.57. The lowest BCUT2D eigenvalue weighted by Crippen LogP contribution is -2.31. The van der Waals surface area contributed by atoms with Crippen molar-refractivity contribution in [2.45, 2.75) is 32.1 Å². The molecule has 2 unspecified atom stereocenters. The fourth-order valence-corrected chi connectivity index (χ4v) is 1.64. The molecule has 0 bridgehead atoms. The summed E-state index contributed by atoms with van der Waals surface area (Å²) in [4.78, 5) is 24.4. The highest BCUT2D eigenvalue weighted by molar-refractivity contribution is 4.85. The Labute approximate surface area is 90.8 Å². The van der Waals surface area contributed by atoms with Crippen LogP contribution in [0.3, 0.4) is 0 Å². The van der Waals surface area contributed by atoms with Crippen LogP contribution in [0.25, 0.3) is 0 Å². The minimum Gasteiger partial charge on any atom is -0.355 e. The highest BCUT2D eigenvalue weighted by Crippen LogP contribution is 2.25. The molecule has 0 radical (unpaired) electrons. The van der Waals surface area contributed by atoms with Gasteiger partial charge in [0.2, 0.25) is 0 Å². The lowest BCUT2D eigenvalue weighted by atomic mass is 10.2. The first-order valence-electron chi connectivity index (χ1n) is 4.85. The predicted molar refractivity (Wildman–Crippen MR) is 55.4 cm³/mol. The zero-order valence-electron chi connectivity index (χ0n) is 8.85. The third kappa shape index (κ3) is 2.77. The number of aromatic nitrogens is 2. The summed E-state index contributed by atoms with van der Waals surface area (Å²) in [5, 5.41) is 0. The van der Waals surface area contributed by atoms with Gasteiger partial charge in [-0.1, -0.05) is 0 Å². The topological polar surface area (TPSA) is 90.1 Å². The minimum atomic E-state index is -0.406. The van der Waals surface area contributed by atoms with E-state index in [1.807, 2.05) is 6.92 Å². The molecule has 2 heterocycles. The molecule has 90 valence electrons. The maximum absolute atomic E-state index is 11.4. The van der Waals surface area contributed by atoms with E-state index in [2.05, 4.69) is 10.9 Å². The summed E-state index contributed by atoms with van der Waals surface area (Å²) < 4.78 is 15.9. The lowest BCUT2D eigenvalue weighted by Gasteiger charge is -2.12. The van der Waals surface area contributed by atoms with Crippen molar-refractivity contribution in [2.75, 3.05) is 0 Å². The molecule has 1 aliphatic rings. The van der Waals surface area contributed by atoms with Gasteiger partial charge in [-0.3, -0.25) is 14.3 Å². The van der Waals surface area contributed by atoms with Gasteiger partial charge in [0.15, 0.2) is 0 Å². The molecule has 1 aromatic rings. The zero-order chi connectivity index (χ0) is 12.1. The smallest absolute Gasteiger partial charge is 0.330 e. The molecular weight excluding hydrogens is 217 g/mol. The van der Waals surface area contributed by atoms with Gasteiger partial charge in [0.25, 0.3) is 5.56 Å². The van der Waals surface area contributed by atoms with E-state index in [0.717, 1.165) is 12.8 Å². The van der Waals surface area contributed by atoms with Crippen molar-refractivity contribution in [1.29, 1.82) is 0 Å². The average Bonchev–Trinajstić information content (AvgIpc) is 2.68. The average molecular weight is 231 g/mol. The van der Waals surface area contributed by atoms with Crippen LogP contribution in [0, 0.1) is 0 Å². The van der Waals surface area contributed by atoms with Crippen molar-refractivity contribution in [3.63, 3.8) is 0 Å². The second-order valence-corrected chi connectivity index (χ2v) is 3.50. The largest absolute Gasteiger partial charge is 0.355 e. The SMILES string of the molecule is CC1CCC(n2ccc(=O)[nH]c2=O)O1.NF. The minimum absolute atomic E-state index is 0.179. The number of aromatic amines is 1. The quantitative estimate of drug-likeness (QED) is 0.669. The summed E-state index contributed by atoms with van der Waals surface area (Å²) in [6.07, 6.45) is 3.18. The van der Waals surface area contributed by atoms with Crippen molar-refractivity contribution in [3.05, 3.63) is 33.1 Å². The molecule has 1 aromatic heterocycles. The Hall–Kier alpha value is -1.47. The Morgan fingerprint density at radius 1 is 1.50 bits per heavy atom. The van der Waals surface area contributed by atoms with Crippen LogP contribution >= 0.6 is 0 Å². The van der Waals surface area contributed by atoms with Crippen molar-refractivity contribution >= 4 is 0 Å². The Morgan fingerprint density at radius 2 is 2.19 bits per heavy atom. The molecule has 3 N–H and O–H groups in total. The molecule has 0 aliphatic carbocycles. The van der Waals surface area contributed by atoms with Gasteiger partial charge in [-0.25, -0.2) is 4.79 Å². The summed E-state index contributed by atoms with van der Waals surface area (Å²) in [6.45, 7) is 1.97. The van der Waals surface area contributed by atoms with E-state index >= 15 is 0 Å². The monoisotopic (exact) mass is 231 g/mol. The summed E-state index contributed by atoms with van der Waals surface area (Å²) >= 11 is 0. The van der Waals surface area contributed by atoms with Crippen LogP contribution in [0.5, 0.6) is 0 Å². The standard InChI is InChI=1S/C9H12N2O3.FH2N/c1-6-2-3-8(14-6)11-5-4-7(12)10-9(11)13;1-2/h4-6,8H,2-3H2,1H3,(H,10,12,13);2H2. The van der Waals surface area contributed by atoms with Crippen LogP contribution in [-0.2, 0) is 4.74 Å². The number of ether oxygens (including phenoxy) is 1. The normalized spacial score (nSPS) is 23.7. The fraction of sp³-hybridized carbons (Fsp3) is 0.556. The number of hydrogen-bond acceptors (Lipinski definition) is 4. The number of halogens is 1. The van der Waals surface area contributed by atoms with E-state index in [0.29, 0.717) is 0 Å². The van der Waals surface area contributed by atoms with E-state index in [1.54, 1.807) is 0 Å². The van der Waals surface area contributed by atoms with Crippen molar-refractivity contribution in [2.24, 2.45) is 5.96 Å². The molecule has 1 saturated heterocycles. The first kappa shape index (κ1) is 12.6. The maximum Gasteiger partial charge on any atom is 0.330 e. The maximum atomic E-state index is 11.4. The molecular formula is C9H14FN3O3. The van der Waals surface area contributed by atoms with Gasteiger partial charge in [0, 0.05) is 12.3 Å². The molecule has 7 heteroatoms. The molecule has 2 atom stereocenters. The van der Waals surface area contributed by atoms with Gasteiger partial charge < -0.3 is 4.74 Å². The zero-order valence-corrected chi connectivity index (χ0v) is 8.85. The molecule has 0 amide bonds. The summed E-state index contributed by atoms with van der Waals surface area (Å²) in [6, 6.07) is 1.33. The van der Waals surface area contributed by atoms with Crippen molar-refractivity contribution in [3.8, 4) is 0 Å². The highest BCUT2D eigenvalue weighted by Gasteiger charge is 2.23. The Morgan fingerprint density at radius 3 is 2.69 bits per heavy atom. The van der Waals surface area contributed by atoms with Gasteiger partial charge in [0.1, 0.15) is 6.23 Å². The number of nitrogens with zero attached hydrogens (tertiary/aromatic N) is 1. The fourth-order valence-electron chi connectivity index (χ4n) is 1.64. The first-order valence-corrected chi connectivity index (χ1v) is 4.85. The van der Waals surface area contributed by atoms with Crippen LogP contribution in [0.15, 0.2) is 21.9 Å². The summed E-state index contributed by atoms with van der Waals surface area (Å²) in [5.74, 6) is 3.00. The van der Waals surface area contributed by atoms with Crippen LogP contribution in [0.2, 0.25) is 0 Å². The molecule has 6 nitrogen and oxygen atoms in total. The van der Waals surface area contributed by atoms with E-state index in [9.17, 15) is 9.59 Å². The predicted octanol–water partition coefficient (Wildman–Crippen LogP) is 0.0637. The summed E-state index contributed by atoms with van der Waals surface area (Å²) in [5.41, 5.74) is -0.783. The molecule has 0 saturated carbocycles. The second-order valence-electron chi connectivity index (χ2n) is 3.50. The molecule has 0 aromatic carbocycles. The van der Waals surface area contributed by atoms with Gasteiger partial charge in [-0.2, -0.15) is 5.96 Å². The lowest BCUT2D eigenvalue weighted by molar-refractivity contribution is 0.00792. The van der Waals surface area contributed by atoms with Crippen LogP contribution in [0.1, 0.15) is 26.0 Å². The number of H-pyrrole nitrogens is 1. The van der Waals surface area contributed by atoms with Gasteiger partial charge in [-0.05, 0) is 19.8 Å². The number of rotatable bonds is 1. The Balaban J connectivity index is 0.000000606. The number of hydrogen-bond donors (Lipinski definition) is 2. The van der Waals surface area contributed by atoms with Gasteiger partial charge in [0.05, 0.1) is 6.10 Å². The Kier molecular flexibility index (Phi) is 4.39. The van der Waals surface area contributed by atoms with Crippen molar-refractivity contribution in [1.82, 2.24) is 9.55 Å². The molecule has 0 spiro atoms. The molecule has 1 aliphatic heterocycles. The summed E-state index contributed by atoms with van der Waals surface area (Å²) in [7, 11) is 0. The number of nitrogens with one attached hydrogen (secondary N) is 1. The molecule has 16 heavy (non-hydrogen) atoms. The van der Waals surface area contributed by atoms with Gasteiger partial charge >= 0.3 is 5.69 Å². The van der Waals surface area contributed by atoms with E-state index in [-0.39, 0.29) is 17.9 Å². The van der Waals surface area contributed by atoms with Gasteiger partial charge in [-0.15, -0.1) is 4.48 Å². The van der Waals surface area contributed by atoms with E-state index in [1.165, 1.54) is 16.8 Å². The third-order valence-electron chi connectivity index (χ3n) is 2.37.